The first-order valence-electron chi connectivity index (χ1n) is 19.3. The molecule has 0 nitrogen and oxygen atoms in total. The van der Waals surface area contributed by atoms with Crippen molar-refractivity contribution in [3.8, 4) is 22.3 Å². The van der Waals surface area contributed by atoms with Crippen LogP contribution in [0.25, 0.3) is 127 Å². The van der Waals surface area contributed by atoms with Gasteiger partial charge in [-0.2, -0.15) is 0 Å². The molecule has 0 spiro atoms. The number of hydrogen-bond donors (Lipinski definition) is 0. The fourth-order valence-electron chi connectivity index (χ4n) is 9.79. The predicted octanol–water partition coefficient (Wildman–Crippen LogP) is 16.7. The molecule has 0 bridgehead atoms. The lowest BCUT2D eigenvalue weighted by atomic mass is 9.89. The normalized spacial score (nSPS) is 12.3. The van der Waals surface area contributed by atoms with Gasteiger partial charge in [-0.05, 0) is 111 Å². The van der Waals surface area contributed by atoms with Crippen LogP contribution < -0.4 is 0 Å². The number of hydrogen-bond acceptors (Lipinski definition) is 2. The van der Waals surface area contributed by atoms with Gasteiger partial charge < -0.3 is 0 Å². The van der Waals surface area contributed by atoms with E-state index in [1.165, 1.54) is 127 Å². The molecule has 0 amide bonds. The summed E-state index contributed by atoms with van der Waals surface area (Å²) in [6.45, 7) is 0. The van der Waals surface area contributed by atoms with Crippen molar-refractivity contribution in [2.24, 2.45) is 0 Å². The molecule has 258 valence electrons. The molecule has 2 heterocycles. The fourth-order valence-corrected chi connectivity index (χ4v) is 12.4. The van der Waals surface area contributed by atoms with E-state index in [1.807, 2.05) is 22.7 Å². The molecule has 0 aliphatic carbocycles. The third-order valence-electron chi connectivity index (χ3n) is 12.2. The van der Waals surface area contributed by atoms with Crippen molar-refractivity contribution in [2.45, 2.75) is 0 Å². The van der Waals surface area contributed by atoms with E-state index < -0.39 is 0 Å². The molecule has 2 aromatic heterocycles. The average molecular weight is 743 g/mol. The van der Waals surface area contributed by atoms with Crippen molar-refractivity contribution >= 4 is 128 Å². The summed E-state index contributed by atoms with van der Waals surface area (Å²) in [6.07, 6.45) is 0. The minimum Gasteiger partial charge on any atom is -0.134 e. The first-order chi connectivity index (χ1) is 27.8. The van der Waals surface area contributed by atoms with Gasteiger partial charge in [0.1, 0.15) is 0 Å². The molecular formula is C54H30S2. The molecular weight excluding hydrogens is 713 g/mol. The zero-order valence-electron chi connectivity index (χ0n) is 30.1. The number of thiophene rings is 2. The number of benzene rings is 11. The summed E-state index contributed by atoms with van der Waals surface area (Å²) in [4.78, 5) is 0. The molecule has 0 aliphatic rings. The molecule has 0 atom stereocenters. The van der Waals surface area contributed by atoms with Gasteiger partial charge in [0.15, 0.2) is 0 Å². The van der Waals surface area contributed by atoms with Crippen LogP contribution in [-0.2, 0) is 0 Å². The monoisotopic (exact) mass is 742 g/mol. The van der Waals surface area contributed by atoms with Gasteiger partial charge in [-0.1, -0.05) is 158 Å². The molecule has 2 heteroatoms. The second-order valence-corrected chi connectivity index (χ2v) is 17.2. The van der Waals surface area contributed by atoms with Crippen molar-refractivity contribution in [1.82, 2.24) is 0 Å². The molecule has 0 saturated carbocycles. The van der Waals surface area contributed by atoms with Crippen molar-refractivity contribution in [3.63, 3.8) is 0 Å². The van der Waals surface area contributed by atoms with E-state index in [0.29, 0.717) is 0 Å². The molecule has 56 heavy (non-hydrogen) atoms. The Morgan fingerprint density at radius 3 is 0.946 bits per heavy atom. The Kier molecular flexibility index (Phi) is 6.29. The van der Waals surface area contributed by atoms with Crippen LogP contribution >= 0.6 is 22.7 Å². The molecule has 0 fully saturated rings. The summed E-state index contributed by atoms with van der Waals surface area (Å²) in [5.74, 6) is 0. The lowest BCUT2D eigenvalue weighted by molar-refractivity contribution is 1.73. The Morgan fingerprint density at radius 1 is 0.232 bits per heavy atom. The summed E-state index contributed by atoms with van der Waals surface area (Å²) >= 11 is 3.92. The molecule has 0 aliphatic heterocycles. The van der Waals surface area contributed by atoms with Crippen molar-refractivity contribution in [2.75, 3.05) is 0 Å². The Labute approximate surface area is 330 Å². The molecule has 0 unspecified atom stereocenters. The van der Waals surface area contributed by atoms with Crippen LogP contribution in [0.2, 0.25) is 0 Å². The summed E-state index contributed by atoms with van der Waals surface area (Å²) in [5.41, 5.74) is 5.18. The van der Waals surface area contributed by atoms with Crippen LogP contribution in [0.4, 0.5) is 0 Å². The van der Waals surface area contributed by atoms with Gasteiger partial charge in [-0.25, -0.2) is 0 Å². The lowest BCUT2D eigenvalue weighted by Gasteiger charge is -2.14. The molecule has 13 rings (SSSR count). The first-order valence-corrected chi connectivity index (χ1v) is 20.9. The van der Waals surface area contributed by atoms with Crippen molar-refractivity contribution in [3.05, 3.63) is 182 Å². The van der Waals surface area contributed by atoms with Gasteiger partial charge in [-0.3, -0.25) is 0 Å². The number of rotatable bonds is 2. The molecule has 11 aromatic carbocycles. The van der Waals surface area contributed by atoms with E-state index in [0.717, 1.165) is 0 Å². The number of fused-ring (bicyclic) bond motifs is 17. The molecule has 0 saturated heterocycles. The van der Waals surface area contributed by atoms with Gasteiger partial charge >= 0.3 is 0 Å². The Morgan fingerprint density at radius 2 is 0.536 bits per heavy atom. The van der Waals surface area contributed by atoms with E-state index in [4.69, 9.17) is 0 Å². The quantitative estimate of drug-likeness (QED) is 0.155. The predicted molar refractivity (Wildman–Crippen MR) is 248 cm³/mol. The van der Waals surface area contributed by atoms with Crippen molar-refractivity contribution < 1.29 is 0 Å². The van der Waals surface area contributed by atoms with Crippen LogP contribution in [0.1, 0.15) is 0 Å². The minimum atomic E-state index is 1.27. The summed E-state index contributed by atoms with van der Waals surface area (Å²) in [5, 5.41) is 21.0. The zero-order chi connectivity index (χ0) is 36.5. The van der Waals surface area contributed by atoms with Crippen molar-refractivity contribution in [1.29, 1.82) is 0 Å². The van der Waals surface area contributed by atoms with E-state index >= 15 is 0 Å². The second-order valence-electron chi connectivity index (χ2n) is 15.1. The second kappa shape index (κ2) is 11.5. The van der Waals surface area contributed by atoms with Gasteiger partial charge in [0, 0.05) is 30.9 Å². The highest BCUT2D eigenvalue weighted by atomic mass is 32.1. The highest BCUT2D eigenvalue weighted by Crippen LogP contribution is 2.51. The van der Waals surface area contributed by atoms with E-state index in [9.17, 15) is 0 Å². The summed E-state index contributed by atoms with van der Waals surface area (Å²) in [7, 11) is 0. The Balaban J connectivity index is 1.11. The van der Waals surface area contributed by atoms with Crippen LogP contribution in [0.3, 0.4) is 0 Å². The summed E-state index contributed by atoms with van der Waals surface area (Å²) in [6, 6.07) is 68.1. The molecule has 13 aromatic rings. The fraction of sp³-hybridized carbons (Fsp3) is 0. The Bertz CT molecular complexity index is 3570. The zero-order valence-corrected chi connectivity index (χ0v) is 31.8. The smallest absolute Gasteiger partial charge is 0.0534 e. The van der Waals surface area contributed by atoms with Crippen LogP contribution in [0, 0.1) is 0 Å². The molecule has 0 N–H and O–H groups in total. The average Bonchev–Trinajstić information content (AvgIpc) is 3.84. The highest BCUT2D eigenvalue weighted by molar-refractivity contribution is 7.33. The molecule has 0 radical (unpaired) electrons. The minimum absolute atomic E-state index is 1.27. The standard InChI is InChI=1S/C54H30S2/c1-3-15-33-31(13-1)27-45(37-19-7-5-17-35(33)37)47-29-49-51(41-23-11-9-21-39(41)47)43-25-26-44-52-42-24-12-10-22-40(42)48(30-50(52)56-54(44)53(43)55-49)46-28-32-14-2-4-16-34(32)36-18-6-8-20-38(36)46/h1-30H. The maximum absolute atomic E-state index is 2.48. The Hall–Kier alpha value is -6.58. The highest BCUT2D eigenvalue weighted by Gasteiger charge is 2.21. The SMILES string of the molecule is c1ccc2c(c1)cc(-c1cc3sc4c(ccc5c4sc4cc(-c6cc7ccccc7c7ccccc67)c6ccccc6c45)c3c3ccccc13)c1ccccc12. The van der Waals surface area contributed by atoms with Gasteiger partial charge in [0.05, 0.1) is 9.40 Å². The van der Waals surface area contributed by atoms with Gasteiger partial charge in [-0.15, -0.1) is 22.7 Å². The van der Waals surface area contributed by atoms with E-state index in [1.54, 1.807) is 0 Å². The third kappa shape index (κ3) is 4.18. The topological polar surface area (TPSA) is 0 Å². The van der Waals surface area contributed by atoms with Gasteiger partial charge in [0.25, 0.3) is 0 Å². The van der Waals surface area contributed by atoms with E-state index in [2.05, 4.69) is 182 Å². The lowest BCUT2D eigenvalue weighted by Crippen LogP contribution is -1.87. The first kappa shape index (κ1) is 30.7. The van der Waals surface area contributed by atoms with Gasteiger partial charge in [0.2, 0.25) is 0 Å². The van der Waals surface area contributed by atoms with Crippen LogP contribution in [0.15, 0.2) is 182 Å². The van der Waals surface area contributed by atoms with Crippen LogP contribution in [0.5, 0.6) is 0 Å². The summed E-state index contributed by atoms with van der Waals surface area (Å²) < 4.78 is 5.44. The van der Waals surface area contributed by atoms with Crippen LogP contribution in [-0.4, -0.2) is 0 Å². The van der Waals surface area contributed by atoms with E-state index in [-0.39, 0.29) is 0 Å². The maximum Gasteiger partial charge on any atom is 0.0534 e. The third-order valence-corrected chi connectivity index (χ3v) is 14.7. The maximum atomic E-state index is 2.48. The largest absolute Gasteiger partial charge is 0.134 e.